The topological polar surface area (TPSA) is 0 Å². The first-order valence-electron chi connectivity index (χ1n) is 9.34. The molecule has 0 nitrogen and oxygen atoms in total. The van der Waals surface area contributed by atoms with Crippen LogP contribution in [0.4, 0.5) is 0 Å². The van der Waals surface area contributed by atoms with Gasteiger partial charge in [0.2, 0.25) is 0 Å². The van der Waals surface area contributed by atoms with Gasteiger partial charge in [-0.1, -0.05) is 38.8 Å². The normalized spacial score (nSPS) is 8.70. The summed E-state index contributed by atoms with van der Waals surface area (Å²) in [6.07, 6.45) is 4.87. The second-order valence-electron chi connectivity index (χ2n) is 6.49. The first-order valence-corrected chi connectivity index (χ1v) is 13.5. The third-order valence-electron chi connectivity index (χ3n) is 4.43. The molecule has 164 valence electrons. The fourth-order valence-electron chi connectivity index (χ4n) is 3.30. The fourth-order valence-corrected chi connectivity index (χ4v) is 3.30. The molecule has 0 aliphatic rings. The summed E-state index contributed by atoms with van der Waals surface area (Å²) in [5.41, 5.74) is 2.94. The van der Waals surface area contributed by atoms with E-state index in [2.05, 4.69) is 93.5 Å². The summed E-state index contributed by atoms with van der Waals surface area (Å²) < 4.78 is 0. The van der Waals surface area contributed by atoms with E-state index in [1.807, 2.05) is 0 Å². The van der Waals surface area contributed by atoms with Crippen LogP contribution in [0.5, 0.6) is 0 Å². The molecule has 0 aliphatic heterocycles. The van der Waals surface area contributed by atoms with Crippen molar-refractivity contribution in [3.8, 4) is 0 Å². The van der Waals surface area contributed by atoms with Gasteiger partial charge in [0, 0.05) is 0 Å². The van der Waals surface area contributed by atoms with Crippen LogP contribution in [0, 0.1) is 14.9 Å². The molecule has 4 aromatic carbocycles. The van der Waals surface area contributed by atoms with Gasteiger partial charge in [-0.25, -0.2) is 0 Å². The maximum absolute atomic E-state index is 3.06. The Labute approximate surface area is 213 Å². The number of fused-ring (bicyclic) bond motifs is 2. The third kappa shape index (κ3) is 10.1. The first kappa shape index (κ1) is 34.0. The SMILES string of the molecule is CCCc1cc2ccccc2[cH-]1.CCCc1cc2ccccc2[cH-]1.Cl.Cl.[CH3-].[CH3-].[Si]=[Zr]. The molecule has 0 N–H and O–H groups in total. The average Bonchev–Trinajstić information content (AvgIpc) is 3.27. The molecular weight excluding hydrogens is 503 g/mol. The first-order chi connectivity index (χ1) is 12.8. The molecule has 0 unspecified atom stereocenters. The Kier molecular flexibility index (Phi) is 21.6. The van der Waals surface area contributed by atoms with Crippen molar-refractivity contribution in [2.75, 3.05) is 0 Å². The van der Waals surface area contributed by atoms with Crippen molar-refractivity contribution in [1.29, 1.82) is 0 Å². The van der Waals surface area contributed by atoms with Gasteiger partial charge in [0.15, 0.2) is 0 Å². The fraction of sp³-hybridized carbons (Fsp3) is 0.231. The minimum atomic E-state index is 0. The van der Waals surface area contributed by atoms with Gasteiger partial charge < -0.3 is 14.9 Å². The molecule has 4 aromatic rings. The predicted molar refractivity (Wildman–Crippen MR) is 140 cm³/mol. The molecule has 0 heterocycles. The minimum absolute atomic E-state index is 0. The van der Waals surface area contributed by atoms with Crippen LogP contribution in [0.25, 0.3) is 21.5 Å². The van der Waals surface area contributed by atoms with Crippen LogP contribution in [-0.4, -0.2) is 6.88 Å². The Hall–Kier alpha value is -0.660. The molecule has 0 bridgehead atoms. The average molecular weight is 537 g/mol. The summed E-state index contributed by atoms with van der Waals surface area (Å²) >= 11 is 1.36. The quantitative estimate of drug-likeness (QED) is 0.181. The molecule has 0 saturated carbocycles. The zero-order valence-corrected chi connectivity index (χ0v) is 23.7. The van der Waals surface area contributed by atoms with Crippen molar-refractivity contribution >= 4 is 53.2 Å². The number of rotatable bonds is 4. The number of aryl methyl sites for hydroxylation is 2. The molecule has 0 saturated heterocycles. The van der Waals surface area contributed by atoms with Crippen LogP contribution >= 0.6 is 24.8 Å². The van der Waals surface area contributed by atoms with E-state index in [4.69, 9.17) is 0 Å². The summed E-state index contributed by atoms with van der Waals surface area (Å²) in [7, 11) is 0. The molecule has 0 aliphatic carbocycles. The number of benzene rings is 2. The summed E-state index contributed by atoms with van der Waals surface area (Å²) in [5, 5.41) is 5.50. The molecule has 4 rings (SSSR count). The van der Waals surface area contributed by atoms with Gasteiger partial charge in [0.25, 0.3) is 0 Å². The standard InChI is InChI=1S/2C12H13.2CH3.2ClH.Si.Zr/c2*1-2-5-10-8-11-6-3-4-7-12(11)9-10;;;;;;/h2*3-4,6-9H,2,5H2,1H3;2*1H3;2*1H;;/q4*-1;;;;. The Balaban J connectivity index is -0.000000400. The number of hydrogen-bond donors (Lipinski definition) is 0. The van der Waals surface area contributed by atoms with Gasteiger partial charge in [-0.05, 0) is 12.8 Å². The second-order valence-corrected chi connectivity index (χ2v) is 6.49. The molecule has 2 radical (unpaired) electrons. The number of halogens is 2. The van der Waals surface area contributed by atoms with E-state index >= 15 is 0 Å². The van der Waals surface area contributed by atoms with E-state index in [-0.39, 0.29) is 39.7 Å². The van der Waals surface area contributed by atoms with Gasteiger partial charge in [-0.2, -0.15) is 12.1 Å². The van der Waals surface area contributed by atoms with Crippen LogP contribution in [-0.2, 0) is 36.2 Å². The van der Waals surface area contributed by atoms with Crippen LogP contribution in [0.2, 0.25) is 0 Å². The zero-order valence-electron chi connectivity index (χ0n) is 18.6. The molecule has 0 aromatic heterocycles. The molecule has 0 atom stereocenters. The van der Waals surface area contributed by atoms with Gasteiger partial charge in [-0.15, -0.1) is 106 Å². The van der Waals surface area contributed by atoms with E-state index in [0.717, 1.165) is 0 Å². The molecule has 30 heavy (non-hydrogen) atoms. The van der Waals surface area contributed by atoms with Crippen molar-refractivity contribution in [1.82, 2.24) is 0 Å². The summed E-state index contributed by atoms with van der Waals surface area (Å²) in [6.45, 7) is 7.50. The molecule has 0 fully saturated rings. The summed E-state index contributed by atoms with van der Waals surface area (Å²) in [5.74, 6) is 0. The Bertz CT molecular complexity index is 785. The van der Waals surface area contributed by atoms with Gasteiger partial charge in [-0.3, -0.25) is 0 Å². The van der Waals surface area contributed by atoms with Crippen molar-refractivity contribution in [2.24, 2.45) is 0 Å². The van der Waals surface area contributed by atoms with Crippen LogP contribution in [0.15, 0.2) is 72.8 Å². The van der Waals surface area contributed by atoms with Gasteiger partial charge in [0.05, 0.1) is 0 Å². The van der Waals surface area contributed by atoms with Crippen molar-refractivity contribution in [3.63, 3.8) is 0 Å². The summed E-state index contributed by atoms with van der Waals surface area (Å²) in [6, 6.07) is 26.2. The van der Waals surface area contributed by atoms with Crippen LogP contribution in [0.1, 0.15) is 37.8 Å². The Morgan fingerprint density at radius 2 is 1.00 bits per heavy atom. The molecular formula is C26H34Cl2SiZr-4. The van der Waals surface area contributed by atoms with E-state index in [1.54, 1.807) is 0 Å². The van der Waals surface area contributed by atoms with Gasteiger partial charge >= 0.3 is 30.2 Å². The molecule has 4 heteroatoms. The monoisotopic (exact) mass is 534 g/mol. The van der Waals surface area contributed by atoms with E-state index < -0.39 is 0 Å². The molecule has 0 amide bonds. The van der Waals surface area contributed by atoms with Crippen LogP contribution < -0.4 is 0 Å². The van der Waals surface area contributed by atoms with Crippen molar-refractivity contribution in [2.45, 2.75) is 39.5 Å². The second kappa shape index (κ2) is 19.1. The predicted octanol–water partition coefficient (Wildman–Crippen LogP) is 8.38. The van der Waals surface area contributed by atoms with Crippen molar-refractivity contribution in [3.05, 3.63) is 98.8 Å². The van der Waals surface area contributed by atoms with E-state index in [1.165, 1.54) is 81.7 Å². The van der Waals surface area contributed by atoms with Gasteiger partial charge in [0.1, 0.15) is 0 Å². The van der Waals surface area contributed by atoms with E-state index in [0.29, 0.717) is 0 Å². The maximum atomic E-state index is 3.06. The van der Waals surface area contributed by atoms with E-state index in [9.17, 15) is 0 Å². The Morgan fingerprint density at radius 1 is 0.667 bits per heavy atom. The third-order valence-corrected chi connectivity index (χ3v) is 4.43. The molecule has 0 spiro atoms. The summed E-state index contributed by atoms with van der Waals surface area (Å²) in [4.78, 5) is 0. The Morgan fingerprint density at radius 3 is 1.30 bits per heavy atom. The number of hydrogen-bond acceptors (Lipinski definition) is 0. The van der Waals surface area contributed by atoms with Crippen LogP contribution in [0.3, 0.4) is 0 Å². The zero-order chi connectivity index (χ0) is 18.8. The van der Waals surface area contributed by atoms with Crippen molar-refractivity contribution < 1.29 is 23.3 Å².